The number of aryl methyl sites for hydroxylation is 2. The fourth-order valence-corrected chi connectivity index (χ4v) is 3.01. The molecule has 116 valence electrons. The largest absolute Gasteiger partial charge is 0.310 e. The van der Waals surface area contributed by atoms with Gasteiger partial charge in [0.2, 0.25) is 0 Å². The van der Waals surface area contributed by atoms with Crippen LogP contribution in [0.1, 0.15) is 82.3 Å². The van der Waals surface area contributed by atoms with Crippen molar-refractivity contribution < 1.29 is 0 Å². The van der Waals surface area contributed by atoms with Crippen LogP contribution in [-0.2, 0) is 6.54 Å². The van der Waals surface area contributed by atoms with Gasteiger partial charge in [0.05, 0.1) is 5.69 Å². The van der Waals surface area contributed by atoms with E-state index < -0.39 is 0 Å². The third kappa shape index (κ3) is 4.93. The summed E-state index contributed by atoms with van der Waals surface area (Å²) in [5, 5.41) is 8.22. The summed E-state index contributed by atoms with van der Waals surface area (Å²) in [6.07, 6.45) is 8.04. The number of hydrogen-bond acceptors (Lipinski definition) is 2. The summed E-state index contributed by atoms with van der Waals surface area (Å²) in [7, 11) is 0. The molecule has 3 heteroatoms. The lowest BCUT2D eigenvalue weighted by atomic mass is 10.1. The smallest absolute Gasteiger partial charge is 0.0644 e. The molecule has 0 saturated heterocycles. The van der Waals surface area contributed by atoms with Gasteiger partial charge in [-0.3, -0.25) is 4.68 Å². The standard InChI is InChI=1S/C17H33N3/c1-6-8-9-10-11-12-13-20-16(5)17(15(4)19-20)14(3)18-7-2/h14,18H,6-13H2,1-5H3. The predicted molar refractivity (Wildman–Crippen MR) is 87.2 cm³/mol. The Morgan fingerprint density at radius 3 is 2.35 bits per heavy atom. The molecule has 0 radical (unpaired) electrons. The van der Waals surface area contributed by atoms with Crippen molar-refractivity contribution in [2.45, 2.75) is 85.7 Å². The minimum Gasteiger partial charge on any atom is -0.310 e. The van der Waals surface area contributed by atoms with E-state index in [1.807, 2.05) is 0 Å². The van der Waals surface area contributed by atoms with Crippen LogP contribution in [0.2, 0.25) is 0 Å². The number of hydrogen-bond donors (Lipinski definition) is 1. The number of unbranched alkanes of at least 4 members (excludes halogenated alkanes) is 5. The summed E-state index contributed by atoms with van der Waals surface area (Å²) in [6.45, 7) is 13.1. The van der Waals surface area contributed by atoms with Gasteiger partial charge in [0, 0.05) is 23.8 Å². The van der Waals surface area contributed by atoms with Crippen LogP contribution in [0.15, 0.2) is 0 Å². The molecule has 1 heterocycles. The van der Waals surface area contributed by atoms with E-state index in [9.17, 15) is 0 Å². The fraction of sp³-hybridized carbons (Fsp3) is 0.824. The molecule has 0 spiro atoms. The summed E-state index contributed by atoms with van der Waals surface area (Å²) in [5.74, 6) is 0. The highest BCUT2D eigenvalue weighted by Gasteiger charge is 2.16. The molecule has 3 nitrogen and oxygen atoms in total. The zero-order valence-corrected chi connectivity index (χ0v) is 14.1. The Kier molecular flexibility index (Phi) is 7.90. The van der Waals surface area contributed by atoms with Crippen LogP contribution in [0.25, 0.3) is 0 Å². The van der Waals surface area contributed by atoms with E-state index in [0.717, 1.165) is 13.1 Å². The summed E-state index contributed by atoms with van der Waals surface area (Å²) in [4.78, 5) is 0. The maximum Gasteiger partial charge on any atom is 0.0644 e. The third-order valence-corrected chi connectivity index (χ3v) is 4.10. The van der Waals surface area contributed by atoms with E-state index in [1.165, 1.54) is 55.5 Å². The molecule has 0 bridgehead atoms. The Bertz CT molecular complexity index is 382. The van der Waals surface area contributed by atoms with E-state index in [0.29, 0.717) is 6.04 Å². The van der Waals surface area contributed by atoms with Gasteiger partial charge in [-0.1, -0.05) is 46.0 Å². The Balaban J connectivity index is 2.49. The molecule has 0 aliphatic carbocycles. The highest BCUT2D eigenvalue weighted by atomic mass is 15.3. The van der Waals surface area contributed by atoms with Crippen molar-refractivity contribution in [1.29, 1.82) is 0 Å². The van der Waals surface area contributed by atoms with Crippen molar-refractivity contribution in [3.8, 4) is 0 Å². The first-order chi connectivity index (χ1) is 9.61. The van der Waals surface area contributed by atoms with Gasteiger partial charge in [-0.05, 0) is 33.7 Å². The molecule has 1 atom stereocenters. The average Bonchev–Trinajstić information content (AvgIpc) is 2.69. The van der Waals surface area contributed by atoms with Crippen LogP contribution in [-0.4, -0.2) is 16.3 Å². The quantitative estimate of drug-likeness (QED) is 0.638. The second kappa shape index (κ2) is 9.17. The van der Waals surface area contributed by atoms with Crippen molar-refractivity contribution in [2.75, 3.05) is 6.54 Å². The van der Waals surface area contributed by atoms with Gasteiger partial charge in [-0.2, -0.15) is 5.10 Å². The summed E-state index contributed by atoms with van der Waals surface area (Å²) in [5.41, 5.74) is 3.91. The van der Waals surface area contributed by atoms with E-state index in [-0.39, 0.29) is 0 Å². The maximum atomic E-state index is 4.72. The van der Waals surface area contributed by atoms with Gasteiger partial charge in [0.25, 0.3) is 0 Å². The first-order valence-corrected chi connectivity index (χ1v) is 8.39. The molecule has 0 aromatic carbocycles. The van der Waals surface area contributed by atoms with Gasteiger partial charge in [0.15, 0.2) is 0 Å². The summed E-state index contributed by atoms with van der Waals surface area (Å²) < 4.78 is 2.21. The summed E-state index contributed by atoms with van der Waals surface area (Å²) >= 11 is 0. The van der Waals surface area contributed by atoms with Crippen LogP contribution in [0, 0.1) is 13.8 Å². The molecular formula is C17H33N3. The molecule has 0 aliphatic heterocycles. The van der Waals surface area contributed by atoms with Crippen LogP contribution < -0.4 is 5.32 Å². The highest BCUT2D eigenvalue weighted by molar-refractivity contribution is 5.27. The van der Waals surface area contributed by atoms with Gasteiger partial charge >= 0.3 is 0 Å². The lowest BCUT2D eigenvalue weighted by molar-refractivity contribution is 0.516. The zero-order valence-electron chi connectivity index (χ0n) is 14.1. The number of rotatable bonds is 10. The second-order valence-electron chi connectivity index (χ2n) is 5.85. The molecule has 20 heavy (non-hydrogen) atoms. The average molecular weight is 279 g/mol. The minimum atomic E-state index is 0.401. The predicted octanol–water partition coefficient (Wildman–Crippen LogP) is 4.53. The molecule has 1 rings (SSSR count). The molecule has 0 fully saturated rings. The number of nitrogens with one attached hydrogen (secondary N) is 1. The Morgan fingerprint density at radius 1 is 1.05 bits per heavy atom. The van der Waals surface area contributed by atoms with Crippen LogP contribution in [0.4, 0.5) is 0 Å². The van der Waals surface area contributed by atoms with E-state index in [2.05, 4.69) is 44.6 Å². The molecule has 0 saturated carbocycles. The van der Waals surface area contributed by atoms with Crippen molar-refractivity contribution in [3.05, 3.63) is 17.0 Å². The topological polar surface area (TPSA) is 29.9 Å². The fourth-order valence-electron chi connectivity index (χ4n) is 3.01. The molecule has 1 aromatic heterocycles. The van der Waals surface area contributed by atoms with Gasteiger partial charge in [-0.25, -0.2) is 0 Å². The molecule has 1 N–H and O–H groups in total. The van der Waals surface area contributed by atoms with Crippen molar-refractivity contribution in [1.82, 2.24) is 15.1 Å². The van der Waals surface area contributed by atoms with Crippen molar-refractivity contribution in [2.24, 2.45) is 0 Å². The van der Waals surface area contributed by atoms with E-state index in [1.54, 1.807) is 0 Å². The van der Waals surface area contributed by atoms with Crippen LogP contribution in [0.5, 0.6) is 0 Å². The molecular weight excluding hydrogens is 246 g/mol. The van der Waals surface area contributed by atoms with Gasteiger partial charge < -0.3 is 5.32 Å². The second-order valence-corrected chi connectivity index (χ2v) is 5.85. The van der Waals surface area contributed by atoms with E-state index >= 15 is 0 Å². The molecule has 1 unspecified atom stereocenters. The molecule has 1 aromatic rings. The number of nitrogens with zero attached hydrogens (tertiary/aromatic N) is 2. The highest BCUT2D eigenvalue weighted by Crippen LogP contribution is 2.21. The number of aromatic nitrogens is 2. The first-order valence-electron chi connectivity index (χ1n) is 8.39. The molecule has 0 amide bonds. The Morgan fingerprint density at radius 2 is 1.70 bits per heavy atom. The zero-order chi connectivity index (χ0) is 15.0. The van der Waals surface area contributed by atoms with Crippen molar-refractivity contribution >= 4 is 0 Å². The molecule has 0 aliphatic rings. The Hall–Kier alpha value is -0.830. The third-order valence-electron chi connectivity index (χ3n) is 4.10. The van der Waals surface area contributed by atoms with Gasteiger partial charge in [-0.15, -0.1) is 0 Å². The first kappa shape index (κ1) is 17.2. The van der Waals surface area contributed by atoms with Crippen molar-refractivity contribution in [3.63, 3.8) is 0 Å². The van der Waals surface area contributed by atoms with Gasteiger partial charge in [0.1, 0.15) is 0 Å². The lowest BCUT2D eigenvalue weighted by Crippen LogP contribution is -2.19. The monoisotopic (exact) mass is 279 g/mol. The lowest BCUT2D eigenvalue weighted by Gasteiger charge is -2.13. The van der Waals surface area contributed by atoms with Crippen LogP contribution >= 0.6 is 0 Å². The maximum absolute atomic E-state index is 4.72. The summed E-state index contributed by atoms with van der Waals surface area (Å²) in [6, 6.07) is 0.401. The Labute approximate surface area is 125 Å². The minimum absolute atomic E-state index is 0.401. The van der Waals surface area contributed by atoms with E-state index in [4.69, 9.17) is 5.10 Å². The normalized spacial score (nSPS) is 12.8. The SMILES string of the molecule is CCCCCCCCn1nc(C)c(C(C)NCC)c1C. The van der Waals surface area contributed by atoms with Crippen LogP contribution in [0.3, 0.4) is 0 Å².